The average molecular weight is 432 g/mol. The lowest BCUT2D eigenvalue weighted by molar-refractivity contribution is -0.384. The number of nitro groups is 1. The minimum atomic E-state index is -0.516. The topological polar surface area (TPSA) is 96.7 Å². The van der Waals surface area contributed by atoms with E-state index in [0.29, 0.717) is 5.69 Å². The van der Waals surface area contributed by atoms with Crippen molar-refractivity contribution in [2.75, 3.05) is 41.8 Å². The molecule has 0 bridgehead atoms. The lowest BCUT2D eigenvalue weighted by Crippen LogP contribution is -2.36. The Bertz CT molecular complexity index is 1140. The fraction of sp³-hybridized carbons (Fsp3) is 0.208. The summed E-state index contributed by atoms with van der Waals surface area (Å²) in [7, 11) is 0. The van der Waals surface area contributed by atoms with Crippen molar-refractivity contribution in [1.82, 2.24) is 0 Å². The second-order valence-corrected chi connectivity index (χ2v) is 7.57. The Kier molecular flexibility index (Phi) is 6.32. The SMILES string of the molecule is Cc1ccc(Nc2cccc(N3CCOCC3)c2)cc1NC(=O)c1cccc([N+](=O)[O-])c1. The molecule has 1 fully saturated rings. The van der Waals surface area contributed by atoms with Gasteiger partial charge in [0.2, 0.25) is 0 Å². The van der Waals surface area contributed by atoms with E-state index in [1.54, 1.807) is 6.07 Å². The predicted molar refractivity (Wildman–Crippen MR) is 125 cm³/mol. The largest absolute Gasteiger partial charge is 0.378 e. The molecule has 1 saturated heterocycles. The van der Waals surface area contributed by atoms with Gasteiger partial charge in [-0.15, -0.1) is 0 Å². The van der Waals surface area contributed by atoms with Crippen molar-refractivity contribution < 1.29 is 14.5 Å². The van der Waals surface area contributed by atoms with Crippen LogP contribution in [0.3, 0.4) is 0 Å². The van der Waals surface area contributed by atoms with E-state index in [9.17, 15) is 14.9 Å². The number of rotatable bonds is 6. The Morgan fingerprint density at radius 2 is 1.75 bits per heavy atom. The summed E-state index contributed by atoms with van der Waals surface area (Å²) in [5.74, 6) is -0.400. The molecule has 1 amide bonds. The zero-order chi connectivity index (χ0) is 22.5. The summed E-state index contributed by atoms with van der Waals surface area (Å²) < 4.78 is 5.43. The number of hydrogen-bond donors (Lipinski definition) is 2. The number of nitrogens with zero attached hydrogens (tertiary/aromatic N) is 2. The quantitative estimate of drug-likeness (QED) is 0.432. The number of anilines is 4. The van der Waals surface area contributed by atoms with E-state index in [1.807, 2.05) is 37.3 Å². The molecule has 164 valence electrons. The molecule has 3 aromatic carbocycles. The highest BCUT2D eigenvalue weighted by Crippen LogP contribution is 2.27. The number of ether oxygens (including phenoxy) is 1. The van der Waals surface area contributed by atoms with E-state index in [-0.39, 0.29) is 11.3 Å². The lowest BCUT2D eigenvalue weighted by atomic mass is 10.1. The molecule has 1 heterocycles. The van der Waals surface area contributed by atoms with Crippen LogP contribution in [0.15, 0.2) is 66.7 Å². The molecular formula is C24H24N4O4. The Morgan fingerprint density at radius 1 is 1.00 bits per heavy atom. The van der Waals surface area contributed by atoms with Gasteiger partial charge in [-0.3, -0.25) is 14.9 Å². The highest BCUT2D eigenvalue weighted by molar-refractivity contribution is 6.05. The molecule has 8 heteroatoms. The van der Waals surface area contributed by atoms with Gasteiger partial charge in [0, 0.05) is 53.5 Å². The zero-order valence-corrected chi connectivity index (χ0v) is 17.7. The average Bonchev–Trinajstić information content (AvgIpc) is 2.82. The van der Waals surface area contributed by atoms with Crippen molar-refractivity contribution in [2.45, 2.75) is 6.92 Å². The Hall–Kier alpha value is -3.91. The van der Waals surface area contributed by atoms with Crippen molar-refractivity contribution in [3.05, 3.63) is 88.0 Å². The number of hydrogen-bond acceptors (Lipinski definition) is 6. The van der Waals surface area contributed by atoms with Gasteiger partial charge in [-0.1, -0.05) is 18.2 Å². The third-order valence-corrected chi connectivity index (χ3v) is 5.32. The van der Waals surface area contributed by atoms with Crippen LogP contribution in [0.1, 0.15) is 15.9 Å². The Labute approximate surface area is 186 Å². The Morgan fingerprint density at radius 3 is 2.53 bits per heavy atom. The molecule has 32 heavy (non-hydrogen) atoms. The maximum atomic E-state index is 12.7. The number of benzene rings is 3. The molecule has 0 aromatic heterocycles. The number of carbonyl (C=O) groups is 1. The summed E-state index contributed by atoms with van der Waals surface area (Å²) in [6.07, 6.45) is 0. The van der Waals surface area contributed by atoms with E-state index in [1.165, 1.54) is 18.2 Å². The summed E-state index contributed by atoms with van der Waals surface area (Å²) in [4.78, 5) is 25.4. The molecule has 3 aromatic rings. The van der Waals surface area contributed by atoms with E-state index in [4.69, 9.17) is 4.74 Å². The van der Waals surface area contributed by atoms with Crippen LogP contribution in [0.5, 0.6) is 0 Å². The first-order chi connectivity index (χ1) is 15.5. The standard InChI is InChI=1S/C24H24N4O4/c1-17-8-9-20(25-19-5-3-6-21(15-19)27-10-12-32-13-11-27)16-23(17)26-24(29)18-4-2-7-22(14-18)28(30)31/h2-9,14-16,25H,10-13H2,1H3,(H,26,29). The van der Waals surface area contributed by atoms with Gasteiger partial charge >= 0.3 is 0 Å². The molecule has 0 unspecified atom stereocenters. The van der Waals surface area contributed by atoms with Gasteiger partial charge in [0.05, 0.1) is 18.1 Å². The number of amides is 1. The fourth-order valence-corrected chi connectivity index (χ4v) is 3.56. The van der Waals surface area contributed by atoms with Gasteiger partial charge in [-0.05, 0) is 48.9 Å². The normalized spacial score (nSPS) is 13.5. The van der Waals surface area contributed by atoms with Gasteiger partial charge in [0.25, 0.3) is 11.6 Å². The third kappa shape index (κ3) is 5.04. The van der Waals surface area contributed by atoms with Gasteiger partial charge < -0.3 is 20.3 Å². The predicted octanol–water partition coefficient (Wildman–Crippen LogP) is 4.74. The lowest BCUT2D eigenvalue weighted by Gasteiger charge is -2.29. The first kappa shape index (κ1) is 21.3. The van der Waals surface area contributed by atoms with Crippen molar-refractivity contribution in [2.24, 2.45) is 0 Å². The maximum absolute atomic E-state index is 12.7. The third-order valence-electron chi connectivity index (χ3n) is 5.32. The van der Waals surface area contributed by atoms with Gasteiger partial charge in [-0.2, -0.15) is 0 Å². The summed E-state index contributed by atoms with van der Waals surface area (Å²) >= 11 is 0. The molecule has 0 atom stereocenters. The molecule has 2 N–H and O–H groups in total. The molecule has 0 saturated carbocycles. The number of carbonyl (C=O) groups excluding carboxylic acids is 1. The summed E-state index contributed by atoms with van der Waals surface area (Å²) in [5, 5.41) is 17.2. The van der Waals surface area contributed by atoms with Gasteiger partial charge in [0.15, 0.2) is 0 Å². The molecule has 8 nitrogen and oxygen atoms in total. The molecule has 0 aliphatic carbocycles. The number of aryl methyl sites for hydroxylation is 1. The molecular weight excluding hydrogens is 408 g/mol. The van der Waals surface area contributed by atoms with Crippen LogP contribution in [0.2, 0.25) is 0 Å². The van der Waals surface area contributed by atoms with Crippen molar-refractivity contribution >= 4 is 34.3 Å². The molecule has 4 rings (SSSR count). The minimum absolute atomic E-state index is 0.120. The molecule has 0 spiro atoms. The van der Waals surface area contributed by atoms with Crippen molar-refractivity contribution in [1.29, 1.82) is 0 Å². The smallest absolute Gasteiger partial charge is 0.270 e. The van der Waals surface area contributed by atoms with Crippen LogP contribution in [0, 0.1) is 17.0 Å². The maximum Gasteiger partial charge on any atom is 0.270 e. The summed E-state index contributed by atoms with van der Waals surface area (Å²) in [6, 6.07) is 19.6. The zero-order valence-electron chi connectivity index (χ0n) is 17.7. The first-order valence-corrected chi connectivity index (χ1v) is 10.4. The Balaban J connectivity index is 1.50. The monoisotopic (exact) mass is 432 g/mol. The molecule has 1 aliphatic heterocycles. The van der Waals surface area contributed by atoms with E-state index in [0.717, 1.165) is 48.9 Å². The van der Waals surface area contributed by atoms with E-state index in [2.05, 4.69) is 27.7 Å². The van der Waals surface area contributed by atoms with E-state index < -0.39 is 10.8 Å². The van der Waals surface area contributed by atoms with Crippen LogP contribution >= 0.6 is 0 Å². The number of morpholine rings is 1. The molecule has 0 radical (unpaired) electrons. The first-order valence-electron chi connectivity index (χ1n) is 10.4. The van der Waals surface area contributed by atoms with Crippen molar-refractivity contribution in [3.8, 4) is 0 Å². The number of nitrogens with one attached hydrogen (secondary N) is 2. The van der Waals surface area contributed by atoms with Gasteiger partial charge in [0.1, 0.15) is 0 Å². The second kappa shape index (κ2) is 9.49. The van der Waals surface area contributed by atoms with Crippen LogP contribution in [-0.4, -0.2) is 37.1 Å². The molecule has 1 aliphatic rings. The summed E-state index contributed by atoms with van der Waals surface area (Å²) in [5.41, 5.74) is 4.52. The fourth-order valence-electron chi connectivity index (χ4n) is 3.56. The van der Waals surface area contributed by atoms with E-state index >= 15 is 0 Å². The number of nitro benzene ring substituents is 1. The highest BCUT2D eigenvalue weighted by atomic mass is 16.6. The van der Waals surface area contributed by atoms with Gasteiger partial charge in [-0.25, -0.2) is 0 Å². The number of non-ortho nitro benzene ring substituents is 1. The highest BCUT2D eigenvalue weighted by Gasteiger charge is 2.14. The second-order valence-electron chi connectivity index (χ2n) is 7.57. The van der Waals surface area contributed by atoms with Crippen LogP contribution in [-0.2, 0) is 4.74 Å². The van der Waals surface area contributed by atoms with Crippen LogP contribution < -0.4 is 15.5 Å². The van der Waals surface area contributed by atoms with Crippen molar-refractivity contribution in [3.63, 3.8) is 0 Å². The minimum Gasteiger partial charge on any atom is -0.378 e. The summed E-state index contributed by atoms with van der Waals surface area (Å²) in [6.45, 7) is 5.07. The van der Waals surface area contributed by atoms with Crippen LogP contribution in [0.4, 0.5) is 28.4 Å². The van der Waals surface area contributed by atoms with Crippen LogP contribution in [0.25, 0.3) is 0 Å².